The monoisotopic (exact) mass is 310 g/mol. The summed E-state index contributed by atoms with van der Waals surface area (Å²) >= 11 is 3.55. The molecule has 0 atom stereocenters. The Morgan fingerprint density at radius 2 is 1.47 bits per heavy atom. The van der Waals surface area contributed by atoms with Crippen molar-refractivity contribution >= 4 is 49.0 Å². The maximum Gasteiger partial charge on any atom is 0.201 e. The van der Waals surface area contributed by atoms with Gasteiger partial charge in [0, 0.05) is 9.86 Å². The fraction of sp³-hybridized carbons (Fsp3) is 0. The lowest BCUT2D eigenvalue weighted by Gasteiger charge is -2.04. The minimum atomic E-state index is 0.568. The van der Waals surface area contributed by atoms with Crippen molar-refractivity contribution in [3.63, 3.8) is 0 Å². The minimum absolute atomic E-state index is 0.568. The molecule has 90 valence electrons. The quantitative estimate of drug-likeness (QED) is 0.368. The third kappa shape index (κ3) is 1.58. The average Bonchev–Trinajstić information content (AvgIpc) is 2.45. The number of para-hydroxylation sites is 2. The molecular weight excluding hydrogens is 304 g/mol. The second-order valence-corrected chi connectivity index (χ2v) is 5.07. The minimum Gasteiger partial charge on any atom is -0.242 e. The van der Waals surface area contributed by atoms with Gasteiger partial charge in [0.2, 0.25) is 5.65 Å². The van der Waals surface area contributed by atoms with Crippen LogP contribution in [0.1, 0.15) is 0 Å². The molecule has 0 aliphatic rings. The first-order chi connectivity index (χ1) is 9.33. The van der Waals surface area contributed by atoms with Crippen LogP contribution in [0.15, 0.2) is 46.9 Å². The first-order valence-electron chi connectivity index (χ1n) is 5.80. The van der Waals surface area contributed by atoms with Crippen molar-refractivity contribution in [2.24, 2.45) is 0 Å². The van der Waals surface area contributed by atoms with Crippen molar-refractivity contribution in [3.05, 3.63) is 46.9 Å². The normalized spacial score (nSPS) is 11.4. The van der Waals surface area contributed by atoms with E-state index >= 15 is 0 Å². The Bertz CT molecular complexity index is 936. The van der Waals surface area contributed by atoms with Gasteiger partial charge in [-0.25, -0.2) is 9.97 Å². The van der Waals surface area contributed by atoms with Crippen molar-refractivity contribution < 1.29 is 0 Å². The van der Waals surface area contributed by atoms with Crippen LogP contribution in [0.5, 0.6) is 0 Å². The first kappa shape index (κ1) is 10.8. The van der Waals surface area contributed by atoms with E-state index in [0.717, 1.165) is 31.9 Å². The summed E-state index contributed by atoms with van der Waals surface area (Å²) < 4.78 is 0.953. The Morgan fingerprint density at radius 3 is 2.32 bits per heavy atom. The molecule has 2 aromatic heterocycles. The van der Waals surface area contributed by atoms with Crippen molar-refractivity contribution in [2.45, 2.75) is 0 Å². The maximum absolute atomic E-state index is 4.67. The molecule has 0 amide bonds. The van der Waals surface area contributed by atoms with E-state index in [4.69, 9.17) is 0 Å². The molecule has 4 rings (SSSR count). The van der Waals surface area contributed by atoms with Crippen LogP contribution >= 0.6 is 15.9 Å². The molecule has 4 nitrogen and oxygen atoms in total. The number of hydrogen-bond donors (Lipinski definition) is 0. The molecule has 0 unspecified atom stereocenters. The molecule has 0 fully saturated rings. The Morgan fingerprint density at radius 1 is 0.737 bits per heavy atom. The molecule has 2 aromatic carbocycles. The van der Waals surface area contributed by atoms with E-state index < -0.39 is 0 Å². The zero-order valence-corrected chi connectivity index (χ0v) is 11.3. The Labute approximate surface area is 116 Å². The van der Waals surface area contributed by atoms with Gasteiger partial charge in [-0.15, -0.1) is 10.2 Å². The summed E-state index contributed by atoms with van der Waals surface area (Å²) in [6.45, 7) is 0. The number of halogens is 1. The lowest BCUT2D eigenvalue weighted by atomic mass is 10.2. The summed E-state index contributed by atoms with van der Waals surface area (Å²) in [6, 6.07) is 13.6. The van der Waals surface area contributed by atoms with Crippen molar-refractivity contribution in [1.29, 1.82) is 0 Å². The van der Waals surface area contributed by atoms with E-state index in [0.29, 0.717) is 5.65 Å². The molecular formula is C14H7BrN4. The number of nitrogens with zero attached hydrogens (tertiary/aromatic N) is 4. The van der Waals surface area contributed by atoms with Gasteiger partial charge in [0.05, 0.1) is 16.6 Å². The van der Waals surface area contributed by atoms with Crippen LogP contribution in [-0.4, -0.2) is 20.2 Å². The molecule has 0 aliphatic carbocycles. The summed E-state index contributed by atoms with van der Waals surface area (Å²) in [5.74, 6) is 0. The lowest BCUT2D eigenvalue weighted by molar-refractivity contribution is 1.09. The SMILES string of the molecule is Brc1cccc2nnc3nc4ccccc4nc3c12. The first-order valence-corrected chi connectivity index (χ1v) is 6.59. The van der Waals surface area contributed by atoms with Crippen molar-refractivity contribution in [3.8, 4) is 0 Å². The third-order valence-electron chi connectivity index (χ3n) is 3.03. The highest BCUT2D eigenvalue weighted by Crippen LogP contribution is 2.28. The fourth-order valence-corrected chi connectivity index (χ4v) is 2.70. The molecule has 0 aliphatic heterocycles. The third-order valence-corrected chi connectivity index (χ3v) is 3.69. The molecule has 0 bridgehead atoms. The molecule has 4 aromatic rings. The van der Waals surface area contributed by atoms with E-state index in [-0.39, 0.29) is 0 Å². The predicted molar refractivity (Wildman–Crippen MR) is 77.8 cm³/mol. The van der Waals surface area contributed by atoms with E-state index in [2.05, 4.69) is 36.1 Å². The standard InChI is InChI=1S/C14H7BrN4/c15-8-4-3-7-11-12(8)13-14(19-18-11)17-10-6-2-1-5-9(10)16-13/h1-7H. The number of benzene rings is 2. The van der Waals surface area contributed by atoms with Gasteiger partial charge in [-0.3, -0.25) is 0 Å². The fourth-order valence-electron chi connectivity index (χ4n) is 2.16. The highest BCUT2D eigenvalue weighted by molar-refractivity contribution is 9.10. The second-order valence-electron chi connectivity index (χ2n) is 4.22. The largest absolute Gasteiger partial charge is 0.242 e. The van der Waals surface area contributed by atoms with E-state index in [1.165, 1.54) is 0 Å². The Kier molecular flexibility index (Phi) is 2.22. The van der Waals surface area contributed by atoms with Crippen LogP contribution in [0.3, 0.4) is 0 Å². The van der Waals surface area contributed by atoms with Gasteiger partial charge in [-0.05, 0) is 24.3 Å². The molecule has 5 heteroatoms. The van der Waals surface area contributed by atoms with Crippen LogP contribution in [-0.2, 0) is 0 Å². The highest BCUT2D eigenvalue weighted by Gasteiger charge is 2.10. The second kappa shape index (κ2) is 3.93. The number of fused-ring (bicyclic) bond motifs is 4. The van der Waals surface area contributed by atoms with Gasteiger partial charge < -0.3 is 0 Å². The van der Waals surface area contributed by atoms with Gasteiger partial charge >= 0.3 is 0 Å². The van der Waals surface area contributed by atoms with Crippen LogP contribution in [0.4, 0.5) is 0 Å². The van der Waals surface area contributed by atoms with Gasteiger partial charge in [0.15, 0.2) is 0 Å². The predicted octanol–water partition coefficient (Wildman–Crippen LogP) is 3.49. The van der Waals surface area contributed by atoms with Crippen LogP contribution in [0.2, 0.25) is 0 Å². The number of aromatic nitrogens is 4. The van der Waals surface area contributed by atoms with Gasteiger partial charge in [-0.2, -0.15) is 0 Å². The summed E-state index contributed by atoms with van der Waals surface area (Å²) in [5, 5.41) is 9.30. The van der Waals surface area contributed by atoms with Crippen LogP contribution < -0.4 is 0 Å². The molecule has 0 saturated heterocycles. The molecule has 0 saturated carbocycles. The van der Waals surface area contributed by atoms with Gasteiger partial charge in [0.25, 0.3) is 0 Å². The Balaban J connectivity index is 2.29. The molecule has 0 N–H and O–H groups in total. The Hall–Kier alpha value is -2.14. The average molecular weight is 311 g/mol. The maximum atomic E-state index is 4.67. The molecule has 19 heavy (non-hydrogen) atoms. The van der Waals surface area contributed by atoms with Gasteiger partial charge in [0.1, 0.15) is 5.52 Å². The zero-order chi connectivity index (χ0) is 12.8. The van der Waals surface area contributed by atoms with E-state index in [9.17, 15) is 0 Å². The van der Waals surface area contributed by atoms with E-state index in [1.807, 2.05) is 42.5 Å². The van der Waals surface area contributed by atoms with E-state index in [1.54, 1.807) is 0 Å². The number of rotatable bonds is 0. The smallest absolute Gasteiger partial charge is 0.201 e. The molecule has 2 heterocycles. The summed E-state index contributed by atoms with van der Waals surface area (Å²) in [4.78, 5) is 9.18. The van der Waals surface area contributed by atoms with Crippen LogP contribution in [0.25, 0.3) is 33.1 Å². The molecule has 0 radical (unpaired) electrons. The summed E-state index contributed by atoms with van der Waals surface area (Å²) in [5.41, 5.74) is 3.84. The van der Waals surface area contributed by atoms with Gasteiger partial charge in [-0.1, -0.05) is 34.1 Å². The summed E-state index contributed by atoms with van der Waals surface area (Å²) in [7, 11) is 0. The number of hydrogen-bond acceptors (Lipinski definition) is 4. The highest BCUT2D eigenvalue weighted by atomic mass is 79.9. The summed E-state index contributed by atoms with van der Waals surface area (Å²) in [6.07, 6.45) is 0. The molecule has 0 spiro atoms. The topological polar surface area (TPSA) is 51.6 Å². The van der Waals surface area contributed by atoms with Crippen LogP contribution in [0, 0.1) is 0 Å². The van der Waals surface area contributed by atoms with Crippen molar-refractivity contribution in [1.82, 2.24) is 20.2 Å². The lowest BCUT2D eigenvalue weighted by Crippen LogP contribution is -1.94. The van der Waals surface area contributed by atoms with Crippen molar-refractivity contribution in [2.75, 3.05) is 0 Å². The zero-order valence-electron chi connectivity index (χ0n) is 9.71.